The quantitative estimate of drug-likeness (QED) is 0.907. The normalized spacial score (nSPS) is 12.6. The van der Waals surface area contributed by atoms with Crippen molar-refractivity contribution in [3.63, 3.8) is 0 Å². The van der Waals surface area contributed by atoms with Crippen molar-refractivity contribution in [1.82, 2.24) is 9.97 Å². The monoisotopic (exact) mass is 248 g/mol. The summed E-state index contributed by atoms with van der Waals surface area (Å²) in [7, 11) is -1.02. The maximum Gasteiger partial charge on any atom is 0.103 e. The van der Waals surface area contributed by atoms with Gasteiger partial charge in [-0.3, -0.25) is 4.21 Å². The molecule has 1 heterocycles. The minimum absolute atomic E-state index is 0.472. The van der Waals surface area contributed by atoms with Gasteiger partial charge in [0.25, 0.3) is 0 Å². The number of rotatable bonds is 3. The van der Waals surface area contributed by atoms with Crippen LogP contribution < -0.4 is 0 Å². The van der Waals surface area contributed by atoms with E-state index in [0.29, 0.717) is 5.75 Å². The van der Waals surface area contributed by atoms with Crippen LogP contribution in [0.15, 0.2) is 29.2 Å². The Kier molecular flexibility index (Phi) is 3.43. The molecule has 0 spiro atoms. The molecular weight excluding hydrogens is 232 g/mol. The van der Waals surface area contributed by atoms with Gasteiger partial charge in [-0.25, -0.2) is 4.98 Å². The SMILES string of the molecule is Cc1cccc(S(=O)Cc2nc(C)[nH]c2C)c1. The van der Waals surface area contributed by atoms with Crippen LogP contribution in [0.1, 0.15) is 22.8 Å². The molecular formula is C13H16N2OS. The fraction of sp³-hybridized carbons (Fsp3) is 0.308. The zero-order valence-corrected chi connectivity index (χ0v) is 11.1. The summed E-state index contributed by atoms with van der Waals surface area (Å²) in [6.45, 7) is 5.87. The van der Waals surface area contributed by atoms with E-state index in [-0.39, 0.29) is 0 Å². The second-order valence-corrected chi connectivity index (χ2v) is 5.65. The first-order valence-electron chi connectivity index (χ1n) is 5.53. The summed E-state index contributed by atoms with van der Waals surface area (Å²) in [5.74, 6) is 1.35. The van der Waals surface area contributed by atoms with Crippen LogP contribution in [0.25, 0.3) is 0 Å². The van der Waals surface area contributed by atoms with Crippen LogP contribution in [0.2, 0.25) is 0 Å². The van der Waals surface area contributed by atoms with Crippen LogP contribution in [-0.2, 0) is 16.6 Å². The maximum absolute atomic E-state index is 12.2. The Morgan fingerprint density at radius 3 is 2.65 bits per heavy atom. The Morgan fingerprint density at radius 2 is 2.06 bits per heavy atom. The maximum atomic E-state index is 12.2. The third kappa shape index (κ3) is 2.82. The first-order chi connectivity index (χ1) is 8.06. The number of H-pyrrole nitrogens is 1. The van der Waals surface area contributed by atoms with Crippen LogP contribution in [0.4, 0.5) is 0 Å². The van der Waals surface area contributed by atoms with E-state index in [1.807, 2.05) is 45.0 Å². The first-order valence-corrected chi connectivity index (χ1v) is 6.85. The van der Waals surface area contributed by atoms with Gasteiger partial charge in [-0.15, -0.1) is 0 Å². The number of benzene rings is 1. The number of hydrogen-bond acceptors (Lipinski definition) is 2. The molecule has 0 saturated heterocycles. The molecule has 0 radical (unpaired) electrons. The Hall–Kier alpha value is -1.42. The molecule has 0 amide bonds. The molecule has 0 saturated carbocycles. The fourth-order valence-corrected chi connectivity index (χ4v) is 3.01. The van der Waals surface area contributed by atoms with Gasteiger partial charge in [0, 0.05) is 10.6 Å². The highest BCUT2D eigenvalue weighted by Gasteiger charge is 2.10. The van der Waals surface area contributed by atoms with Gasteiger partial charge >= 0.3 is 0 Å². The van der Waals surface area contributed by atoms with Crippen molar-refractivity contribution in [2.24, 2.45) is 0 Å². The first kappa shape index (κ1) is 12.0. The molecule has 2 aromatic rings. The number of nitrogens with one attached hydrogen (secondary N) is 1. The fourth-order valence-electron chi connectivity index (χ4n) is 1.76. The summed E-state index contributed by atoms with van der Waals surface area (Å²) >= 11 is 0. The van der Waals surface area contributed by atoms with Gasteiger partial charge in [0.1, 0.15) is 5.82 Å². The third-order valence-corrected chi connectivity index (χ3v) is 3.94. The second-order valence-electron chi connectivity index (χ2n) is 4.20. The third-order valence-electron chi connectivity index (χ3n) is 2.62. The predicted octanol–water partition coefficient (Wildman–Crippen LogP) is 2.64. The molecule has 1 atom stereocenters. The number of hydrogen-bond donors (Lipinski definition) is 1. The van der Waals surface area contributed by atoms with Gasteiger partial charge in [0.15, 0.2) is 0 Å². The lowest BCUT2D eigenvalue weighted by Gasteiger charge is -2.02. The molecule has 1 aromatic carbocycles. The zero-order valence-electron chi connectivity index (χ0n) is 10.3. The molecule has 1 unspecified atom stereocenters. The van der Waals surface area contributed by atoms with Crippen molar-refractivity contribution in [3.8, 4) is 0 Å². The molecule has 1 N–H and O–H groups in total. The van der Waals surface area contributed by atoms with E-state index in [4.69, 9.17) is 0 Å². The van der Waals surface area contributed by atoms with Gasteiger partial charge in [-0.1, -0.05) is 12.1 Å². The van der Waals surface area contributed by atoms with Crippen LogP contribution in [0, 0.1) is 20.8 Å². The number of aromatic nitrogens is 2. The summed E-state index contributed by atoms with van der Waals surface area (Å²) in [6, 6.07) is 7.80. The van der Waals surface area contributed by atoms with Gasteiger partial charge in [0.05, 0.1) is 22.2 Å². The highest BCUT2D eigenvalue weighted by atomic mass is 32.2. The van der Waals surface area contributed by atoms with Gasteiger partial charge in [0.2, 0.25) is 0 Å². The number of aryl methyl sites for hydroxylation is 3. The van der Waals surface area contributed by atoms with Gasteiger partial charge in [-0.2, -0.15) is 0 Å². The highest BCUT2D eigenvalue weighted by molar-refractivity contribution is 7.84. The van der Waals surface area contributed by atoms with E-state index in [0.717, 1.165) is 27.7 Å². The molecule has 0 aliphatic carbocycles. The van der Waals surface area contributed by atoms with E-state index in [2.05, 4.69) is 9.97 Å². The minimum Gasteiger partial charge on any atom is -0.346 e. The standard InChI is InChI=1S/C13H16N2OS/c1-9-5-4-6-12(7-9)17(16)8-13-10(2)14-11(3)15-13/h4-7H,8H2,1-3H3,(H,14,15). The summed E-state index contributed by atoms with van der Waals surface area (Å²) < 4.78 is 12.2. The molecule has 2 rings (SSSR count). The highest BCUT2D eigenvalue weighted by Crippen LogP contribution is 2.14. The zero-order chi connectivity index (χ0) is 12.4. The molecule has 0 aliphatic heterocycles. The average Bonchev–Trinajstić information content (AvgIpc) is 2.57. The summed E-state index contributed by atoms with van der Waals surface area (Å²) in [5.41, 5.74) is 3.02. The van der Waals surface area contributed by atoms with E-state index < -0.39 is 10.8 Å². The number of imidazole rings is 1. The summed E-state index contributed by atoms with van der Waals surface area (Å²) in [5, 5.41) is 0. The minimum atomic E-state index is -1.02. The molecule has 4 heteroatoms. The van der Waals surface area contributed by atoms with Gasteiger partial charge in [-0.05, 0) is 38.5 Å². The van der Waals surface area contributed by atoms with Crippen molar-refractivity contribution in [2.45, 2.75) is 31.4 Å². The Morgan fingerprint density at radius 1 is 1.29 bits per heavy atom. The van der Waals surface area contributed by atoms with E-state index in [1.165, 1.54) is 0 Å². The Labute approximate surface area is 104 Å². The largest absolute Gasteiger partial charge is 0.346 e. The Bertz CT molecular complexity index is 560. The molecule has 0 aliphatic rings. The molecule has 0 fully saturated rings. The van der Waals surface area contributed by atoms with Crippen LogP contribution in [-0.4, -0.2) is 14.2 Å². The van der Waals surface area contributed by atoms with Crippen molar-refractivity contribution >= 4 is 10.8 Å². The molecule has 90 valence electrons. The van der Waals surface area contributed by atoms with Crippen LogP contribution in [0.3, 0.4) is 0 Å². The Balaban J connectivity index is 2.20. The van der Waals surface area contributed by atoms with Crippen molar-refractivity contribution in [2.75, 3.05) is 0 Å². The number of nitrogens with zero attached hydrogens (tertiary/aromatic N) is 1. The van der Waals surface area contributed by atoms with Gasteiger partial charge < -0.3 is 4.98 Å². The lowest BCUT2D eigenvalue weighted by Crippen LogP contribution is -1.98. The van der Waals surface area contributed by atoms with Crippen molar-refractivity contribution < 1.29 is 4.21 Å². The van der Waals surface area contributed by atoms with Crippen LogP contribution >= 0.6 is 0 Å². The number of aromatic amines is 1. The van der Waals surface area contributed by atoms with Crippen molar-refractivity contribution in [3.05, 3.63) is 47.0 Å². The van der Waals surface area contributed by atoms with Crippen LogP contribution in [0.5, 0.6) is 0 Å². The van der Waals surface area contributed by atoms with E-state index in [9.17, 15) is 4.21 Å². The van der Waals surface area contributed by atoms with E-state index in [1.54, 1.807) is 0 Å². The predicted molar refractivity (Wildman–Crippen MR) is 69.4 cm³/mol. The topological polar surface area (TPSA) is 45.8 Å². The average molecular weight is 248 g/mol. The summed E-state index contributed by atoms with van der Waals surface area (Å²) in [6.07, 6.45) is 0. The van der Waals surface area contributed by atoms with Crippen molar-refractivity contribution in [1.29, 1.82) is 0 Å². The second kappa shape index (κ2) is 4.84. The lowest BCUT2D eigenvalue weighted by atomic mass is 10.2. The lowest BCUT2D eigenvalue weighted by molar-refractivity contribution is 0.682. The van der Waals surface area contributed by atoms with E-state index >= 15 is 0 Å². The molecule has 3 nitrogen and oxygen atoms in total. The molecule has 1 aromatic heterocycles. The summed E-state index contributed by atoms with van der Waals surface area (Å²) in [4.78, 5) is 8.35. The molecule has 17 heavy (non-hydrogen) atoms. The smallest absolute Gasteiger partial charge is 0.103 e. The molecule has 0 bridgehead atoms.